The van der Waals surface area contributed by atoms with Gasteiger partial charge in [0.25, 0.3) is 0 Å². The standard InChI is InChI=1S/C13H25N3/c1-4-6-7-8-9-12(14-5-2)13-10-11-16(3)15-13/h10-12,14H,4-9H2,1-3H3. The zero-order chi connectivity index (χ0) is 11.8. The molecule has 1 N–H and O–H groups in total. The average Bonchev–Trinajstić information content (AvgIpc) is 2.69. The predicted octanol–water partition coefficient (Wildman–Crippen LogP) is 3.04. The molecule has 0 aliphatic heterocycles. The lowest BCUT2D eigenvalue weighted by molar-refractivity contribution is 0.468. The summed E-state index contributed by atoms with van der Waals surface area (Å²) in [6, 6.07) is 2.55. The summed E-state index contributed by atoms with van der Waals surface area (Å²) in [6.07, 6.45) is 8.50. The van der Waals surface area contributed by atoms with E-state index < -0.39 is 0 Å². The molecule has 0 spiro atoms. The van der Waals surface area contributed by atoms with E-state index in [2.05, 4.69) is 30.3 Å². The van der Waals surface area contributed by atoms with Crippen LogP contribution in [0.4, 0.5) is 0 Å². The Morgan fingerprint density at radius 1 is 1.31 bits per heavy atom. The van der Waals surface area contributed by atoms with E-state index in [1.165, 1.54) is 37.8 Å². The minimum atomic E-state index is 0.433. The van der Waals surface area contributed by atoms with Gasteiger partial charge in [0, 0.05) is 13.2 Å². The van der Waals surface area contributed by atoms with Gasteiger partial charge >= 0.3 is 0 Å². The summed E-state index contributed by atoms with van der Waals surface area (Å²) in [5, 5.41) is 8.00. The van der Waals surface area contributed by atoms with E-state index in [9.17, 15) is 0 Å². The van der Waals surface area contributed by atoms with Gasteiger partial charge in [0.2, 0.25) is 0 Å². The van der Waals surface area contributed by atoms with Crippen LogP contribution in [0.2, 0.25) is 0 Å². The Morgan fingerprint density at radius 3 is 2.69 bits per heavy atom. The van der Waals surface area contributed by atoms with Gasteiger partial charge in [-0.05, 0) is 19.0 Å². The third kappa shape index (κ3) is 4.35. The zero-order valence-electron chi connectivity index (χ0n) is 10.9. The monoisotopic (exact) mass is 223 g/mol. The Hall–Kier alpha value is -0.830. The van der Waals surface area contributed by atoms with E-state index in [1.807, 2.05) is 17.9 Å². The van der Waals surface area contributed by atoms with E-state index in [1.54, 1.807) is 0 Å². The van der Waals surface area contributed by atoms with Crippen molar-refractivity contribution in [3.05, 3.63) is 18.0 Å². The Labute approximate surface area is 99.2 Å². The van der Waals surface area contributed by atoms with Gasteiger partial charge in [-0.2, -0.15) is 5.10 Å². The van der Waals surface area contributed by atoms with Gasteiger partial charge in [0.1, 0.15) is 0 Å². The molecule has 1 aromatic heterocycles. The molecule has 3 heteroatoms. The summed E-state index contributed by atoms with van der Waals surface area (Å²) >= 11 is 0. The molecule has 16 heavy (non-hydrogen) atoms. The van der Waals surface area contributed by atoms with Crippen molar-refractivity contribution < 1.29 is 0 Å². The Kier molecular flexibility index (Phi) is 6.16. The van der Waals surface area contributed by atoms with E-state index in [0.29, 0.717) is 6.04 Å². The molecule has 0 amide bonds. The van der Waals surface area contributed by atoms with Crippen LogP contribution in [0, 0.1) is 0 Å². The lowest BCUT2D eigenvalue weighted by Gasteiger charge is -2.15. The maximum atomic E-state index is 4.48. The second-order valence-electron chi connectivity index (χ2n) is 4.37. The number of nitrogens with zero attached hydrogens (tertiary/aromatic N) is 2. The topological polar surface area (TPSA) is 29.9 Å². The molecule has 1 rings (SSSR count). The highest BCUT2D eigenvalue weighted by atomic mass is 15.3. The average molecular weight is 223 g/mol. The number of rotatable bonds is 8. The van der Waals surface area contributed by atoms with Gasteiger partial charge in [-0.1, -0.05) is 39.5 Å². The van der Waals surface area contributed by atoms with Crippen molar-refractivity contribution in [1.82, 2.24) is 15.1 Å². The third-order valence-electron chi connectivity index (χ3n) is 2.89. The minimum Gasteiger partial charge on any atom is -0.309 e. The van der Waals surface area contributed by atoms with Crippen molar-refractivity contribution in [3.8, 4) is 0 Å². The van der Waals surface area contributed by atoms with E-state index in [0.717, 1.165) is 6.54 Å². The van der Waals surface area contributed by atoms with Crippen LogP contribution in [0.5, 0.6) is 0 Å². The van der Waals surface area contributed by atoms with Crippen LogP contribution < -0.4 is 5.32 Å². The zero-order valence-corrected chi connectivity index (χ0v) is 10.9. The largest absolute Gasteiger partial charge is 0.309 e. The number of hydrogen-bond donors (Lipinski definition) is 1. The van der Waals surface area contributed by atoms with Crippen LogP contribution in [0.15, 0.2) is 12.3 Å². The van der Waals surface area contributed by atoms with E-state index in [4.69, 9.17) is 0 Å². The van der Waals surface area contributed by atoms with Crippen molar-refractivity contribution in [2.45, 2.75) is 52.0 Å². The molecule has 0 aliphatic rings. The van der Waals surface area contributed by atoms with Crippen LogP contribution in [0.1, 0.15) is 57.7 Å². The van der Waals surface area contributed by atoms with Crippen molar-refractivity contribution >= 4 is 0 Å². The fraction of sp³-hybridized carbons (Fsp3) is 0.769. The normalized spacial score (nSPS) is 12.9. The molecule has 1 atom stereocenters. The lowest BCUT2D eigenvalue weighted by Crippen LogP contribution is -2.21. The lowest BCUT2D eigenvalue weighted by atomic mass is 10.0. The number of aromatic nitrogens is 2. The SMILES string of the molecule is CCCCCCC(NCC)c1ccn(C)n1. The van der Waals surface area contributed by atoms with Crippen molar-refractivity contribution in [2.75, 3.05) is 6.54 Å². The first-order chi connectivity index (χ1) is 7.77. The highest BCUT2D eigenvalue weighted by Crippen LogP contribution is 2.18. The fourth-order valence-corrected chi connectivity index (χ4v) is 2.00. The van der Waals surface area contributed by atoms with Crippen LogP contribution in [-0.4, -0.2) is 16.3 Å². The van der Waals surface area contributed by atoms with Gasteiger partial charge in [-0.15, -0.1) is 0 Å². The molecule has 0 bridgehead atoms. The first kappa shape index (κ1) is 13.2. The third-order valence-corrected chi connectivity index (χ3v) is 2.89. The van der Waals surface area contributed by atoms with Crippen molar-refractivity contribution in [3.63, 3.8) is 0 Å². The molecule has 1 aromatic rings. The second-order valence-corrected chi connectivity index (χ2v) is 4.37. The molecule has 0 radical (unpaired) electrons. The number of unbranched alkanes of at least 4 members (excludes halogenated alkanes) is 3. The first-order valence-electron chi connectivity index (χ1n) is 6.50. The molecule has 0 saturated heterocycles. The summed E-state index contributed by atoms with van der Waals surface area (Å²) in [4.78, 5) is 0. The maximum absolute atomic E-state index is 4.48. The molecule has 1 unspecified atom stereocenters. The molecule has 0 aromatic carbocycles. The molecule has 3 nitrogen and oxygen atoms in total. The Bertz CT molecular complexity index is 280. The van der Waals surface area contributed by atoms with Gasteiger partial charge in [-0.25, -0.2) is 0 Å². The van der Waals surface area contributed by atoms with Crippen LogP contribution >= 0.6 is 0 Å². The van der Waals surface area contributed by atoms with Crippen LogP contribution in [0.3, 0.4) is 0 Å². The van der Waals surface area contributed by atoms with E-state index in [-0.39, 0.29) is 0 Å². The summed E-state index contributed by atoms with van der Waals surface area (Å²) in [7, 11) is 1.98. The number of hydrogen-bond acceptors (Lipinski definition) is 2. The van der Waals surface area contributed by atoms with Gasteiger partial charge in [-0.3, -0.25) is 4.68 Å². The van der Waals surface area contributed by atoms with Crippen LogP contribution in [0.25, 0.3) is 0 Å². The van der Waals surface area contributed by atoms with E-state index >= 15 is 0 Å². The smallest absolute Gasteiger partial charge is 0.0793 e. The molecule has 92 valence electrons. The van der Waals surface area contributed by atoms with Gasteiger partial charge in [0.15, 0.2) is 0 Å². The fourth-order valence-electron chi connectivity index (χ4n) is 2.00. The quantitative estimate of drug-likeness (QED) is 0.686. The van der Waals surface area contributed by atoms with Crippen LogP contribution in [-0.2, 0) is 7.05 Å². The maximum Gasteiger partial charge on any atom is 0.0793 e. The molecule has 1 heterocycles. The van der Waals surface area contributed by atoms with Crippen molar-refractivity contribution in [1.29, 1.82) is 0 Å². The first-order valence-corrected chi connectivity index (χ1v) is 6.50. The molecule has 0 saturated carbocycles. The summed E-state index contributed by atoms with van der Waals surface area (Å²) < 4.78 is 1.88. The highest BCUT2D eigenvalue weighted by molar-refractivity contribution is 5.05. The Morgan fingerprint density at radius 2 is 2.12 bits per heavy atom. The molecule has 0 fully saturated rings. The summed E-state index contributed by atoms with van der Waals surface area (Å²) in [5.41, 5.74) is 1.18. The number of nitrogens with one attached hydrogen (secondary N) is 1. The van der Waals surface area contributed by atoms with Crippen molar-refractivity contribution in [2.24, 2.45) is 7.05 Å². The summed E-state index contributed by atoms with van der Waals surface area (Å²) in [6.45, 7) is 5.41. The Balaban J connectivity index is 2.41. The molecular weight excluding hydrogens is 198 g/mol. The van der Waals surface area contributed by atoms with Gasteiger partial charge < -0.3 is 5.32 Å². The summed E-state index contributed by atoms with van der Waals surface area (Å²) in [5.74, 6) is 0. The minimum absolute atomic E-state index is 0.433. The van der Waals surface area contributed by atoms with Gasteiger partial charge in [0.05, 0.1) is 11.7 Å². The predicted molar refractivity (Wildman–Crippen MR) is 68.4 cm³/mol. The second kappa shape index (κ2) is 7.44. The molecule has 0 aliphatic carbocycles. The number of aryl methyl sites for hydroxylation is 1. The molecular formula is C13H25N3. The highest BCUT2D eigenvalue weighted by Gasteiger charge is 2.12.